The smallest absolute Gasteiger partial charge is 0.303 e. The van der Waals surface area contributed by atoms with Gasteiger partial charge in [-0.05, 0) is 18.9 Å². The molecule has 0 saturated carbocycles. The summed E-state index contributed by atoms with van der Waals surface area (Å²) in [6, 6.07) is 1.83. The number of aryl methyl sites for hydroxylation is 1. The lowest BCUT2D eigenvalue weighted by atomic mass is 10.1. The Morgan fingerprint density at radius 2 is 1.95 bits per heavy atom. The summed E-state index contributed by atoms with van der Waals surface area (Å²) in [5.41, 5.74) is 0. The highest BCUT2D eigenvalue weighted by Crippen LogP contribution is 2.02. The molecule has 0 radical (unpaired) electrons. The molecule has 19 heavy (non-hydrogen) atoms. The van der Waals surface area contributed by atoms with Gasteiger partial charge in [0.25, 0.3) is 0 Å². The minimum atomic E-state index is -0.744. The molecule has 1 heterocycles. The molecule has 6 nitrogen and oxygen atoms in total. The Kier molecular flexibility index (Phi) is 7.31. The van der Waals surface area contributed by atoms with Gasteiger partial charge in [0.1, 0.15) is 0 Å². The van der Waals surface area contributed by atoms with Gasteiger partial charge in [0, 0.05) is 38.3 Å². The molecule has 0 spiro atoms. The van der Waals surface area contributed by atoms with Crippen LogP contribution in [0, 0.1) is 0 Å². The monoisotopic (exact) mass is 267 g/mol. The van der Waals surface area contributed by atoms with E-state index >= 15 is 0 Å². The quantitative estimate of drug-likeness (QED) is 0.628. The molecule has 1 amide bonds. The molecule has 0 aliphatic carbocycles. The summed E-state index contributed by atoms with van der Waals surface area (Å²) in [6.07, 6.45) is 7.64. The van der Waals surface area contributed by atoms with Crippen molar-refractivity contribution in [3.63, 3.8) is 0 Å². The molecule has 2 N–H and O–H groups in total. The molecule has 0 unspecified atom stereocenters. The molecular weight excluding hydrogens is 246 g/mol. The van der Waals surface area contributed by atoms with E-state index in [1.165, 1.54) is 0 Å². The summed E-state index contributed by atoms with van der Waals surface area (Å²) in [5.74, 6) is -0.715. The zero-order valence-corrected chi connectivity index (χ0v) is 11.0. The van der Waals surface area contributed by atoms with Gasteiger partial charge in [-0.15, -0.1) is 0 Å². The minimum absolute atomic E-state index is 0.0287. The third-order valence-corrected chi connectivity index (χ3v) is 2.77. The Labute approximate surface area is 112 Å². The topological polar surface area (TPSA) is 84.2 Å². The van der Waals surface area contributed by atoms with Crippen molar-refractivity contribution >= 4 is 11.9 Å². The van der Waals surface area contributed by atoms with E-state index in [0.717, 1.165) is 19.3 Å². The summed E-state index contributed by atoms with van der Waals surface area (Å²) in [4.78, 5) is 21.8. The summed E-state index contributed by atoms with van der Waals surface area (Å²) >= 11 is 0. The van der Waals surface area contributed by atoms with Crippen LogP contribution >= 0.6 is 0 Å². The lowest BCUT2D eigenvalue weighted by Crippen LogP contribution is -2.25. The Hall–Kier alpha value is -1.85. The van der Waals surface area contributed by atoms with E-state index in [1.807, 2.05) is 12.3 Å². The first-order valence-corrected chi connectivity index (χ1v) is 6.64. The van der Waals surface area contributed by atoms with Crippen molar-refractivity contribution < 1.29 is 14.7 Å². The normalized spacial score (nSPS) is 10.3. The first-order chi connectivity index (χ1) is 9.18. The van der Waals surface area contributed by atoms with Crippen LogP contribution < -0.4 is 5.32 Å². The van der Waals surface area contributed by atoms with Crippen molar-refractivity contribution in [3.05, 3.63) is 18.5 Å². The van der Waals surface area contributed by atoms with Gasteiger partial charge in [0.2, 0.25) is 5.91 Å². The van der Waals surface area contributed by atoms with Gasteiger partial charge in [0.15, 0.2) is 0 Å². The average molecular weight is 267 g/mol. The van der Waals surface area contributed by atoms with E-state index in [-0.39, 0.29) is 12.3 Å². The van der Waals surface area contributed by atoms with Gasteiger partial charge < -0.3 is 10.4 Å². The van der Waals surface area contributed by atoms with Crippen LogP contribution in [0.15, 0.2) is 18.5 Å². The van der Waals surface area contributed by atoms with E-state index < -0.39 is 5.97 Å². The van der Waals surface area contributed by atoms with Gasteiger partial charge in [0.05, 0.1) is 0 Å². The van der Waals surface area contributed by atoms with Crippen molar-refractivity contribution in [1.29, 1.82) is 0 Å². The van der Waals surface area contributed by atoms with Gasteiger partial charge in [-0.1, -0.05) is 12.8 Å². The maximum Gasteiger partial charge on any atom is 0.303 e. The molecule has 0 aromatic carbocycles. The van der Waals surface area contributed by atoms with E-state index in [1.54, 1.807) is 10.9 Å². The largest absolute Gasteiger partial charge is 0.481 e. The molecule has 1 rings (SSSR count). The van der Waals surface area contributed by atoms with Crippen LogP contribution in [-0.2, 0) is 16.1 Å². The molecule has 0 aliphatic rings. The van der Waals surface area contributed by atoms with Gasteiger partial charge >= 0.3 is 5.97 Å². The van der Waals surface area contributed by atoms with Crippen molar-refractivity contribution in [2.45, 2.75) is 45.1 Å². The second-order valence-electron chi connectivity index (χ2n) is 4.43. The highest BCUT2D eigenvalue weighted by atomic mass is 16.4. The fourth-order valence-corrected chi connectivity index (χ4v) is 1.72. The third-order valence-electron chi connectivity index (χ3n) is 2.77. The summed E-state index contributed by atoms with van der Waals surface area (Å²) in [7, 11) is 0. The number of carbonyl (C=O) groups excluding carboxylic acids is 1. The summed E-state index contributed by atoms with van der Waals surface area (Å²) in [5, 5.41) is 15.3. The fourth-order valence-electron chi connectivity index (χ4n) is 1.72. The maximum absolute atomic E-state index is 11.5. The predicted octanol–water partition coefficient (Wildman–Crippen LogP) is 1.42. The molecule has 0 fully saturated rings. The van der Waals surface area contributed by atoms with Crippen LogP contribution in [0.1, 0.15) is 38.5 Å². The van der Waals surface area contributed by atoms with Gasteiger partial charge in [-0.3, -0.25) is 14.3 Å². The minimum Gasteiger partial charge on any atom is -0.481 e. The van der Waals surface area contributed by atoms with Gasteiger partial charge in [-0.25, -0.2) is 0 Å². The Balaban J connectivity index is 1.91. The number of aliphatic carboxylic acids is 1. The van der Waals surface area contributed by atoms with E-state index in [2.05, 4.69) is 10.4 Å². The number of hydrogen-bond acceptors (Lipinski definition) is 3. The number of nitrogens with zero attached hydrogens (tertiary/aromatic N) is 2. The zero-order valence-electron chi connectivity index (χ0n) is 11.0. The van der Waals surface area contributed by atoms with E-state index in [0.29, 0.717) is 25.9 Å². The number of carboxylic acid groups (broad SMARTS) is 1. The molecule has 0 bridgehead atoms. The molecule has 6 heteroatoms. The number of amides is 1. The third kappa shape index (κ3) is 7.96. The number of nitrogens with one attached hydrogen (secondary N) is 1. The predicted molar refractivity (Wildman–Crippen MR) is 70.6 cm³/mol. The lowest BCUT2D eigenvalue weighted by molar-refractivity contribution is -0.137. The number of carboxylic acids is 1. The average Bonchev–Trinajstić information content (AvgIpc) is 2.88. The van der Waals surface area contributed by atoms with Crippen LogP contribution in [0.25, 0.3) is 0 Å². The van der Waals surface area contributed by atoms with E-state index in [9.17, 15) is 9.59 Å². The number of aromatic nitrogens is 2. The molecule has 1 aromatic heterocycles. The van der Waals surface area contributed by atoms with Crippen molar-refractivity contribution in [2.75, 3.05) is 6.54 Å². The molecular formula is C13H21N3O3. The first-order valence-electron chi connectivity index (χ1n) is 6.64. The van der Waals surface area contributed by atoms with Crippen LogP contribution in [-0.4, -0.2) is 33.3 Å². The second kappa shape index (κ2) is 9.13. The Morgan fingerprint density at radius 1 is 1.16 bits per heavy atom. The highest BCUT2D eigenvalue weighted by molar-refractivity contribution is 5.75. The van der Waals surface area contributed by atoms with Crippen LogP contribution in [0.5, 0.6) is 0 Å². The number of unbranched alkanes of at least 4 members (excludes halogenated alkanes) is 3. The molecule has 1 aromatic rings. The fraction of sp³-hybridized carbons (Fsp3) is 0.615. The number of rotatable bonds is 10. The lowest BCUT2D eigenvalue weighted by Gasteiger charge is -2.05. The summed E-state index contributed by atoms with van der Waals surface area (Å²) < 4.78 is 1.73. The van der Waals surface area contributed by atoms with Crippen LogP contribution in [0.3, 0.4) is 0 Å². The number of hydrogen-bond donors (Lipinski definition) is 2. The number of carbonyl (C=O) groups is 2. The van der Waals surface area contributed by atoms with Crippen LogP contribution in [0.4, 0.5) is 0 Å². The molecule has 0 saturated heterocycles. The van der Waals surface area contributed by atoms with E-state index in [4.69, 9.17) is 5.11 Å². The van der Waals surface area contributed by atoms with Gasteiger partial charge in [-0.2, -0.15) is 5.10 Å². The Morgan fingerprint density at radius 3 is 2.63 bits per heavy atom. The summed E-state index contributed by atoms with van der Waals surface area (Å²) in [6.45, 7) is 1.25. The van der Waals surface area contributed by atoms with Crippen molar-refractivity contribution in [3.8, 4) is 0 Å². The molecule has 106 valence electrons. The SMILES string of the molecule is O=C(O)CCCCCCNC(=O)CCn1cccn1. The standard InChI is InChI=1S/C13H21N3O3/c17-12(7-11-16-10-5-9-15-16)14-8-4-2-1-3-6-13(18)19/h5,9-10H,1-4,6-8,11H2,(H,14,17)(H,18,19). The van der Waals surface area contributed by atoms with Crippen molar-refractivity contribution in [2.24, 2.45) is 0 Å². The van der Waals surface area contributed by atoms with Crippen molar-refractivity contribution in [1.82, 2.24) is 15.1 Å². The Bertz CT molecular complexity index is 376. The molecule has 0 atom stereocenters. The highest BCUT2D eigenvalue weighted by Gasteiger charge is 2.01. The zero-order chi connectivity index (χ0) is 13.9. The maximum atomic E-state index is 11.5. The molecule has 0 aliphatic heterocycles. The first kappa shape index (κ1) is 15.2. The second-order valence-corrected chi connectivity index (χ2v) is 4.43. The van der Waals surface area contributed by atoms with Crippen LogP contribution in [0.2, 0.25) is 0 Å².